The van der Waals surface area contributed by atoms with E-state index >= 15 is 0 Å². The van der Waals surface area contributed by atoms with Gasteiger partial charge in [0.1, 0.15) is 5.82 Å². The van der Waals surface area contributed by atoms with Crippen LogP contribution >= 0.6 is 0 Å². The van der Waals surface area contributed by atoms with Crippen molar-refractivity contribution in [3.8, 4) is 0 Å². The zero-order chi connectivity index (χ0) is 13.8. The highest BCUT2D eigenvalue weighted by molar-refractivity contribution is 5.91. The molecular weight excluding hydrogens is 252 g/mol. The Kier molecular flexibility index (Phi) is 3.76. The summed E-state index contributed by atoms with van der Waals surface area (Å²) in [5.41, 5.74) is 0.914. The van der Waals surface area contributed by atoms with Crippen molar-refractivity contribution in [2.75, 3.05) is 5.32 Å². The molecule has 5 nitrogen and oxygen atoms in total. The molecule has 2 aromatic heterocycles. The van der Waals surface area contributed by atoms with Crippen molar-refractivity contribution < 1.29 is 4.79 Å². The first-order valence-electron chi connectivity index (χ1n) is 7.05. The van der Waals surface area contributed by atoms with E-state index in [9.17, 15) is 4.79 Å². The minimum absolute atomic E-state index is 0.0299. The molecule has 1 N–H and O–H groups in total. The molecule has 5 heteroatoms. The van der Waals surface area contributed by atoms with Gasteiger partial charge in [-0.15, -0.1) is 0 Å². The summed E-state index contributed by atoms with van der Waals surface area (Å²) in [6.45, 7) is 0. The maximum atomic E-state index is 12.1. The second kappa shape index (κ2) is 5.86. The van der Waals surface area contributed by atoms with Crippen LogP contribution in [0.4, 0.5) is 5.82 Å². The van der Waals surface area contributed by atoms with E-state index in [1.807, 2.05) is 22.9 Å². The van der Waals surface area contributed by atoms with Crippen molar-refractivity contribution >= 4 is 11.7 Å². The second-order valence-electron chi connectivity index (χ2n) is 5.19. The van der Waals surface area contributed by atoms with E-state index in [2.05, 4.69) is 15.4 Å². The van der Waals surface area contributed by atoms with Gasteiger partial charge in [-0.25, -0.2) is 4.68 Å². The monoisotopic (exact) mass is 270 g/mol. The predicted octanol–water partition coefficient (Wildman–Crippen LogP) is 2.57. The van der Waals surface area contributed by atoms with Gasteiger partial charge in [-0.05, 0) is 24.5 Å². The maximum absolute atomic E-state index is 12.1. The van der Waals surface area contributed by atoms with Gasteiger partial charge in [0.15, 0.2) is 0 Å². The standard InChI is InChI=1S/C15H18N4O/c20-15(10-12-4-3-8-16-11-12)18-14-7-9-17-19(14)13-5-1-2-6-13/h3-4,7-9,11,13H,1-2,5-6,10H2,(H,18,20). The predicted molar refractivity (Wildman–Crippen MR) is 76.3 cm³/mol. The molecule has 2 heterocycles. The van der Waals surface area contributed by atoms with Crippen molar-refractivity contribution in [3.63, 3.8) is 0 Å². The molecular formula is C15H18N4O. The van der Waals surface area contributed by atoms with Crippen molar-refractivity contribution in [2.45, 2.75) is 38.1 Å². The Morgan fingerprint density at radius 2 is 2.15 bits per heavy atom. The molecule has 0 unspecified atom stereocenters. The Hall–Kier alpha value is -2.17. The van der Waals surface area contributed by atoms with Gasteiger partial charge in [0, 0.05) is 18.5 Å². The van der Waals surface area contributed by atoms with E-state index < -0.39 is 0 Å². The van der Waals surface area contributed by atoms with Crippen LogP contribution in [0.15, 0.2) is 36.8 Å². The Bertz CT molecular complexity index is 573. The average molecular weight is 270 g/mol. The summed E-state index contributed by atoms with van der Waals surface area (Å²) in [5.74, 6) is 0.767. The fourth-order valence-corrected chi connectivity index (χ4v) is 2.73. The third-order valence-corrected chi connectivity index (χ3v) is 3.70. The minimum Gasteiger partial charge on any atom is -0.311 e. The highest BCUT2D eigenvalue weighted by Gasteiger charge is 2.20. The van der Waals surface area contributed by atoms with E-state index in [1.165, 1.54) is 12.8 Å². The molecule has 20 heavy (non-hydrogen) atoms. The number of hydrogen-bond acceptors (Lipinski definition) is 3. The van der Waals surface area contributed by atoms with Crippen LogP contribution in [0.1, 0.15) is 37.3 Å². The zero-order valence-electron chi connectivity index (χ0n) is 11.3. The second-order valence-corrected chi connectivity index (χ2v) is 5.19. The number of pyridine rings is 1. The summed E-state index contributed by atoms with van der Waals surface area (Å²) in [6.07, 6.45) is 10.3. The average Bonchev–Trinajstić information content (AvgIpc) is 3.10. The summed E-state index contributed by atoms with van der Waals surface area (Å²) in [4.78, 5) is 16.1. The summed E-state index contributed by atoms with van der Waals surface area (Å²) in [5, 5.41) is 7.30. The van der Waals surface area contributed by atoms with Crippen LogP contribution in [-0.4, -0.2) is 20.7 Å². The summed E-state index contributed by atoms with van der Waals surface area (Å²) < 4.78 is 1.95. The lowest BCUT2D eigenvalue weighted by Crippen LogP contribution is -2.19. The van der Waals surface area contributed by atoms with Gasteiger partial charge in [0.25, 0.3) is 0 Å². The van der Waals surface area contributed by atoms with Gasteiger partial charge in [0.05, 0.1) is 18.7 Å². The lowest BCUT2D eigenvalue weighted by molar-refractivity contribution is -0.115. The number of nitrogens with zero attached hydrogens (tertiary/aromatic N) is 3. The van der Waals surface area contributed by atoms with Crippen molar-refractivity contribution in [2.24, 2.45) is 0 Å². The Balaban J connectivity index is 1.66. The number of rotatable bonds is 4. The number of nitrogens with one attached hydrogen (secondary N) is 1. The van der Waals surface area contributed by atoms with E-state index in [0.717, 1.165) is 24.2 Å². The topological polar surface area (TPSA) is 59.8 Å². The molecule has 1 saturated carbocycles. The van der Waals surface area contributed by atoms with Gasteiger partial charge >= 0.3 is 0 Å². The summed E-state index contributed by atoms with van der Waals surface area (Å²) in [7, 11) is 0. The molecule has 3 rings (SSSR count). The zero-order valence-corrected chi connectivity index (χ0v) is 11.3. The van der Waals surface area contributed by atoms with E-state index in [1.54, 1.807) is 18.6 Å². The van der Waals surface area contributed by atoms with Crippen LogP contribution in [0.5, 0.6) is 0 Å². The molecule has 1 aliphatic carbocycles. The van der Waals surface area contributed by atoms with Crippen LogP contribution < -0.4 is 5.32 Å². The third-order valence-electron chi connectivity index (χ3n) is 3.70. The van der Waals surface area contributed by atoms with Gasteiger partial charge in [-0.3, -0.25) is 9.78 Å². The molecule has 0 aromatic carbocycles. The SMILES string of the molecule is O=C(Cc1cccnc1)Nc1ccnn1C1CCCC1. The number of amides is 1. The van der Waals surface area contributed by atoms with Crippen LogP contribution in [0.25, 0.3) is 0 Å². The number of carbonyl (C=O) groups is 1. The van der Waals surface area contributed by atoms with Crippen molar-refractivity contribution in [1.82, 2.24) is 14.8 Å². The molecule has 104 valence electrons. The van der Waals surface area contributed by atoms with Gasteiger partial charge in [-0.1, -0.05) is 18.9 Å². The Morgan fingerprint density at radius 1 is 1.30 bits per heavy atom. The number of anilines is 1. The molecule has 0 atom stereocenters. The molecule has 2 aromatic rings. The fourth-order valence-electron chi connectivity index (χ4n) is 2.73. The molecule has 1 fully saturated rings. The number of carbonyl (C=O) groups excluding carboxylic acids is 1. The molecule has 0 spiro atoms. The molecule has 0 bridgehead atoms. The molecule has 1 amide bonds. The molecule has 0 radical (unpaired) electrons. The normalized spacial score (nSPS) is 15.4. The van der Waals surface area contributed by atoms with E-state index in [4.69, 9.17) is 0 Å². The van der Waals surface area contributed by atoms with E-state index in [0.29, 0.717) is 12.5 Å². The van der Waals surface area contributed by atoms with Gasteiger partial charge in [0.2, 0.25) is 5.91 Å². The minimum atomic E-state index is -0.0299. The first-order chi connectivity index (χ1) is 9.83. The molecule has 0 aliphatic heterocycles. The first-order valence-corrected chi connectivity index (χ1v) is 7.05. The summed E-state index contributed by atoms with van der Waals surface area (Å²) >= 11 is 0. The Morgan fingerprint density at radius 3 is 2.90 bits per heavy atom. The van der Waals surface area contributed by atoms with Crippen LogP contribution in [0, 0.1) is 0 Å². The maximum Gasteiger partial charge on any atom is 0.229 e. The number of hydrogen-bond donors (Lipinski definition) is 1. The first kappa shape index (κ1) is 12.8. The lowest BCUT2D eigenvalue weighted by atomic mass is 10.2. The third kappa shape index (κ3) is 2.87. The van der Waals surface area contributed by atoms with Gasteiger partial charge < -0.3 is 5.32 Å². The van der Waals surface area contributed by atoms with Crippen LogP contribution in [-0.2, 0) is 11.2 Å². The molecule has 0 saturated heterocycles. The van der Waals surface area contributed by atoms with Gasteiger partial charge in [-0.2, -0.15) is 5.10 Å². The smallest absolute Gasteiger partial charge is 0.229 e. The lowest BCUT2D eigenvalue weighted by Gasteiger charge is -2.14. The fraction of sp³-hybridized carbons (Fsp3) is 0.400. The Labute approximate surface area is 118 Å². The van der Waals surface area contributed by atoms with Crippen LogP contribution in [0.2, 0.25) is 0 Å². The van der Waals surface area contributed by atoms with Crippen LogP contribution in [0.3, 0.4) is 0 Å². The van der Waals surface area contributed by atoms with E-state index in [-0.39, 0.29) is 5.91 Å². The quantitative estimate of drug-likeness (QED) is 0.929. The van der Waals surface area contributed by atoms with Crippen molar-refractivity contribution in [3.05, 3.63) is 42.4 Å². The largest absolute Gasteiger partial charge is 0.311 e. The summed E-state index contributed by atoms with van der Waals surface area (Å²) in [6, 6.07) is 6.03. The number of aromatic nitrogens is 3. The highest BCUT2D eigenvalue weighted by atomic mass is 16.1. The highest BCUT2D eigenvalue weighted by Crippen LogP contribution is 2.31. The van der Waals surface area contributed by atoms with Crippen molar-refractivity contribution in [1.29, 1.82) is 0 Å². The molecule has 1 aliphatic rings.